The molecule has 0 heterocycles. The lowest BCUT2D eigenvalue weighted by Gasteiger charge is -2.14. The zero-order valence-corrected chi connectivity index (χ0v) is 11.8. The number of allylic oxidation sites excluding steroid dienone is 4. The topological polar surface area (TPSA) is 0 Å². The number of rotatable bonds is 4. The summed E-state index contributed by atoms with van der Waals surface area (Å²) in [5, 5.41) is -0.442. The second-order valence-corrected chi connectivity index (χ2v) is 4.93. The van der Waals surface area contributed by atoms with Gasteiger partial charge in [-0.3, -0.25) is 0 Å². The Morgan fingerprint density at radius 2 is 1.70 bits per heavy atom. The minimum Gasteiger partial charge on any atom is -0.207 e. The second-order valence-electron chi connectivity index (χ2n) is 4.52. The van der Waals surface area contributed by atoms with Gasteiger partial charge in [0, 0.05) is 11.6 Å². The van der Waals surface area contributed by atoms with Crippen LogP contribution in [0.15, 0.2) is 42.5 Å². The molecule has 0 saturated heterocycles. The molecule has 0 saturated carbocycles. The third-order valence-electron chi connectivity index (χ3n) is 2.73. The Morgan fingerprint density at radius 1 is 1.15 bits per heavy atom. The zero-order chi connectivity index (χ0) is 15.6. The fraction of sp³-hybridized carbons (Fsp3) is 0.200. The first-order valence-corrected chi connectivity index (χ1v) is 6.13. The van der Waals surface area contributed by atoms with Gasteiger partial charge in [-0.1, -0.05) is 38.6 Å². The maximum atomic E-state index is 14.3. The first kappa shape index (κ1) is 16.5. The Hall–Kier alpha value is -1.55. The van der Waals surface area contributed by atoms with Crippen LogP contribution in [0.1, 0.15) is 19.4 Å². The minimum atomic E-state index is -1.21. The van der Waals surface area contributed by atoms with Crippen molar-refractivity contribution >= 4 is 17.2 Å². The molecule has 0 aromatic heterocycles. The molecule has 0 fully saturated rings. The van der Waals surface area contributed by atoms with Gasteiger partial charge in [-0.2, -0.15) is 0 Å². The molecule has 1 aromatic carbocycles. The largest absolute Gasteiger partial charge is 0.207 e. The Kier molecular flexibility index (Phi) is 5.17. The van der Waals surface area contributed by atoms with Gasteiger partial charge in [0.25, 0.3) is 0 Å². The summed E-state index contributed by atoms with van der Waals surface area (Å²) in [6.07, 6.45) is 0. The molecule has 0 bridgehead atoms. The molecule has 0 N–H and O–H groups in total. The zero-order valence-electron chi connectivity index (χ0n) is 11.0. The van der Waals surface area contributed by atoms with E-state index in [1.54, 1.807) is 13.8 Å². The van der Waals surface area contributed by atoms with E-state index in [2.05, 4.69) is 13.2 Å². The van der Waals surface area contributed by atoms with Crippen LogP contribution in [0.25, 0.3) is 5.57 Å². The predicted molar refractivity (Wildman–Crippen MR) is 73.6 cm³/mol. The summed E-state index contributed by atoms with van der Waals surface area (Å²) in [7, 11) is 0. The monoisotopic (exact) mass is 304 g/mol. The Bertz CT molecular complexity index is 577. The minimum absolute atomic E-state index is 0.0291. The summed E-state index contributed by atoms with van der Waals surface area (Å²) < 4.78 is 54.6. The van der Waals surface area contributed by atoms with Crippen molar-refractivity contribution in [1.82, 2.24) is 0 Å². The number of hydrogen-bond acceptors (Lipinski definition) is 0. The van der Waals surface area contributed by atoms with Crippen molar-refractivity contribution in [3.8, 4) is 0 Å². The van der Waals surface area contributed by atoms with Gasteiger partial charge in [0.1, 0.15) is 23.3 Å². The molecule has 0 aliphatic carbocycles. The van der Waals surface area contributed by atoms with Crippen LogP contribution < -0.4 is 0 Å². The van der Waals surface area contributed by atoms with Crippen molar-refractivity contribution in [2.45, 2.75) is 13.8 Å². The van der Waals surface area contributed by atoms with Crippen molar-refractivity contribution in [3.63, 3.8) is 0 Å². The molecule has 0 atom stereocenters. The van der Waals surface area contributed by atoms with Crippen LogP contribution in [0.4, 0.5) is 17.6 Å². The first-order valence-electron chi connectivity index (χ1n) is 5.75. The summed E-state index contributed by atoms with van der Waals surface area (Å²) >= 11 is 5.68. The molecule has 0 radical (unpaired) electrons. The molecule has 20 heavy (non-hydrogen) atoms. The van der Waals surface area contributed by atoms with Crippen molar-refractivity contribution < 1.29 is 17.6 Å². The standard InChI is InChI=1S/C15H13ClF4/c1-7(2)8(3)15(20)13(9(4)17)14-11(16)5-10(18)6-12(14)19/h5-7H,3-4H2,1-2H3/b15-13-. The molecule has 0 nitrogen and oxygen atoms in total. The lowest BCUT2D eigenvalue weighted by Crippen LogP contribution is -2.01. The van der Waals surface area contributed by atoms with Crippen LogP contribution in [-0.2, 0) is 0 Å². The molecule has 5 heteroatoms. The van der Waals surface area contributed by atoms with E-state index in [-0.39, 0.29) is 11.5 Å². The van der Waals surface area contributed by atoms with Gasteiger partial charge in [-0.05, 0) is 17.6 Å². The van der Waals surface area contributed by atoms with E-state index in [1.807, 2.05) is 0 Å². The lowest BCUT2D eigenvalue weighted by molar-refractivity contribution is 0.574. The van der Waals surface area contributed by atoms with Crippen LogP contribution in [-0.4, -0.2) is 0 Å². The van der Waals surface area contributed by atoms with Crippen LogP contribution in [0, 0.1) is 17.6 Å². The first-order chi connectivity index (χ1) is 9.16. The van der Waals surface area contributed by atoms with Gasteiger partial charge in [0.15, 0.2) is 0 Å². The summed E-state index contributed by atoms with van der Waals surface area (Å²) in [6.45, 7) is 9.74. The van der Waals surface area contributed by atoms with E-state index in [9.17, 15) is 17.6 Å². The van der Waals surface area contributed by atoms with E-state index in [4.69, 9.17) is 11.6 Å². The summed E-state index contributed by atoms with van der Waals surface area (Å²) in [6, 6.07) is 1.27. The molecule has 108 valence electrons. The van der Waals surface area contributed by atoms with Crippen molar-refractivity contribution in [3.05, 3.63) is 64.7 Å². The molecule has 1 rings (SSSR count). The molecule has 0 aliphatic rings. The lowest BCUT2D eigenvalue weighted by atomic mass is 9.96. The fourth-order valence-electron chi connectivity index (χ4n) is 1.56. The molecule has 1 aromatic rings. The van der Waals surface area contributed by atoms with Gasteiger partial charge in [0.05, 0.1) is 10.6 Å². The van der Waals surface area contributed by atoms with E-state index in [0.717, 1.165) is 6.07 Å². The Labute approximate surface area is 120 Å². The van der Waals surface area contributed by atoms with Gasteiger partial charge in [-0.25, -0.2) is 17.6 Å². The van der Waals surface area contributed by atoms with Gasteiger partial charge in [-0.15, -0.1) is 0 Å². The molecule has 0 unspecified atom stereocenters. The van der Waals surface area contributed by atoms with Crippen LogP contribution in [0.5, 0.6) is 0 Å². The number of benzene rings is 1. The van der Waals surface area contributed by atoms with E-state index in [0.29, 0.717) is 6.07 Å². The number of hydrogen-bond donors (Lipinski definition) is 0. The normalized spacial score (nSPS) is 12.4. The highest BCUT2D eigenvalue weighted by Crippen LogP contribution is 2.38. The molecular weight excluding hydrogens is 292 g/mol. The Balaban J connectivity index is 3.63. The number of halogens is 5. The molecule has 0 amide bonds. The summed E-state index contributed by atoms with van der Waals surface area (Å²) in [5.74, 6) is -4.71. The maximum Gasteiger partial charge on any atom is 0.136 e. The molecular formula is C15H13ClF4. The van der Waals surface area contributed by atoms with Crippen molar-refractivity contribution in [1.29, 1.82) is 0 Å². The quantitative estimate of drug-likeness (QED) is 0.473. The highest BCUT2D eigenvalue weighted by Gasteiger charge is 2.23. The second kappa shape index (κ2) is 6.27. The van der Waals surface area contributed by atoms with Crippen molar-refractivity contribution in [2.75, 3.05) is 0 Å². The van der Waals surface area contributed by atoms with Gasteiger partial charge in [0.2, 0.25) is 0 Å². The average Bonchev–Trinajstić information content (AvgIpc) is 2.31. The smallest absolute Gasteiger partial charge is 0.136 e. The highest BCUT2D eigenvalue weighted by atomic mass is 35.5. The average molecular weight is 305 g/mol. The van der Waals surface area contributed by atoms with Gasteiger partial charge < -0.3 is 0 Å². The van der Waals surface area contributed by atoms with Crippen molar-refractivity contribution in [2.24, 2.45) is 5.92 Å². The van der Waals surface area contributed by atoms with Crippen LogP contribution in [0.3, 0.4) is 0 Å². The van der Waals surface area contributed by atoms with E-state index >= 15 is 0 Å². The summed E-state index contributed by atoms with van der Waals surface area (Å²) in [5.41, 5.74) is -1.34. The highest BCUT2D eigenvalue weighted by molar-refractivity contribution is 6.32. The maximum absolute atomic E-state index is 14.3. The van der Waals surface area contributed by atoms with Crippen LogP contribution in [0.2, 0.25) is 5.02 Å². The third kappa shape index (κ3) is 3.31. The van der Waals surface area contributed by atoms with Gasteiger partial charge >= 0.3 is 0 Å². The SMILES string of the molecule is C=C(F)/C(=C(/F)C(=C)C(C)C)c1c(F)cc(F)cc1Cl. The van der Waals surface area contributed by atoms with E-state index in [1.165, 1.54) is 0 Å². The fourth-order valence-corrected chi connectivity index (χ4v) is 1.85. The molecule has 0 spiro atoms. The molecule has 0 aliphatic heterocycles. The summed E-state index contributed by atoms with van der Waals surface area (Å²) in [4.78, 5) is 0. The predicted octanol–water partition coefficient (Wildman–Crippen LogP) is 5.99. The Morgan fingerprint density at radius 3 is 2.10 bits per heavy atom. The van der Waals surface area contributed by atoms with E-state index < -0.39 is 39.4 Å². The van der Waals surface area contributed by atoms with Crippen LogP contribution >= 0.6 is 11.6 Å². The third-order valence-corrected chi connectivity index (χ3v) is 3.02.